The Labute approximate surface area is 182 Å². The molecule has 31 heavy (non-hydrogen) atoms. The minimum Gasteiger partial charge on any atom is -0.385 e. The molecule has 0 bridgehead atoms. The van der Waals surface area contributed by atoms with E-state index in [1.165, 1.54) is 0 Å². The van der Waals surface area contributed by atoms with Gasteiger partial charge in [-0.05, 0) is 35.8 Å². The molecule has 0 radical (unpaired) electrons. The first-order valence-electron chi connectivity index (χ1n) is 10.2. The van der Waals surface area contributed by atoms with Gasteiger partial charge in [0.05, 0.1) is 11.3 Å². The summed E-state index contributed by atoms with van der Waals surface area (Å²) in [7, 11) is 1.62. The van der Waals surface area contributed by atoms with Crippen LogP contribution in [-0.2, 0) is 9.53 Å². The molecule has 2 amide bonds. The van der Waals surface area contributed by atoms with Gasteiger partial charge in [0, 0.05) is 25.8 Å². The van der Waals surface area contributed by atoms with E-state index in [4.69, 9.17) is 4.74 Å². The molecule has 0 aliphatic carbocycles. The Morgan fingerprint density at radius 2 is 1.52 bits per heavy atom. The summed E-state index contributed by atoms with van der Waals surface area (Å²) in [5, 5.41) is 5.78. The van der Waals surface area contributed by atoms with Gasteiger partial charge < -0.3 is 15.4 Å². The molecule has 0 unspecified atom stereocenters. The zero-order valence-corrected chi connectivity index (χ0v) is 17.5. The van der Waals surface area contributed by atoms with Crippen molar-refractivity contribution >= 4 is 29.2 Å². The first-order valence-corrected chi connectivity index (χ1v) is 10.2. The number of methoxy groups -OCH3 is 1. The molecular formula is C26H26N2O3. The number of amides is 2. The molecule has 0 aliphatic rings. The standard InChI is InChI=1S/C26H26N2O3/c1-31-18-10-17-27-25(29)22-15-8-9-16-24(22)28-26(30)23(21-13-6-3-7-14-21)19-20-11-4-2-5-12-20/h2-9,11-16,19H,10,17-18H2,1H3,(H,27,29)(H,28,30). The molecule has 3 rings (SSSR count). The summed E-state index contributed by atoms with van der Waals surface area (Å²) in [5.74, 6) is -0.519. The average molecular weight is 415 g/mol. The van der Waals surface area contributed by atoms with E-state index in [-0.39, 0.29) is 11.8 Å². The summed E-state index contributed by atoms with van der Waals surface area (Å²) in [6, 6.07) is 26.1. The molecule has 5 heteroatoms. The van der Waals surface area contributed by atoms with Crippen molar-refractivity contribution in [2.24, 2.45) is 0 Å². The van der Waals surface area contributed by atoms with Gasteiger partial charge in [-0.25, -0.2) is 0 Å². The number of para-hydroxylation sites is 1. The van der Waals surface area contributed by atoms with Gasteiger partial charge in [-0.15, -0.1) is 0 Å². The predicted molar refractivity (Wildman–Crippen MR) is 125 cm³/mol. The van der Waals surface area contributed by atoms with Crippen molar-refractivity contribution in [2.75, 3.05) is 25.6 Å². The third kappa shape index (κ3) is 6.39. The molecule has 158 valence electrons. The van der Waals surface area contributed by atoms with Crippen molar-refractivity contribution in [1.29, 1.82) is 0 Å². The van der Waals surface area contributed by atoms with Crippen molar-refractivity contribution in [3.63, 3.8) is 0 Å². The fourth-order valence-electron chi connectivity index (χ4n) is 3.11. The van der Waals surface area contributed by atoms with Crippen LogP contribution in [-0.4, -0.2) is 32.1 Å². The molecule has 3 aromatic rings. The maximum absolute atomic E-state index is 13.3. The van der Waals surface area contributed by atoms with E-state index in [0.29, 0.717) is 36.4 Å². The quantitative estimate of drug-likeness (QED) is 0.305. The van der Waals surface area contributed by atoms with Crippen molar-refractivity contribution in [3.8, 4) is 0 Å². The maximum atomic E-state index is 13.3. The molecule has 0 spiro atoms. The van der Waals surface area contributed by atoms with Crippen molar-refractivity contribution < 1.29 is 14.3 Å². The Hall–Kier alpha value is -3.70. The third-order valence-electron chi connectivity index (χ3n) is 4.67. The first kappa shape index (κ1) is 22.0. The number of hydrogen-bond acceptors (Lipinski definition) is 3. The number of benzene rings is 3. The summed E-state index contributed by atoms with van der Waals surface area (Å²) in [5.41, 5.74) is 3.11. The maximum Gasteiger partial charge on any atom is 0.256 e. The summed E-state index contributed by atoms with van der Waals surface area (Å²) in [6.07, 6.45) is 2.56. The van der Waals surface area contributed by atoms with Crippen LogP contribution in [0.15, 0.2) is 84.9 Å². The van der Waals surface area contributed by atoms with E-state index < -0.39 is 0 Å². The molecular weight excluding hydrogens is 388 g/mol. The number of ether oxygens (including phenoxy) is 1. The van der Waals surface area contributed by atoms with Gasteiger partial charge in [0.15, 0.2) is 0 Å². The van der Waals surface area contributed by atoms with Crippen LogP contribution < -0.4 is 10.6 Å². The van der Waals surface area contributed by atoms with Gasteiger partial charge in [-0.3, -0.25) is 9.59 Å². The van der Waals surface area contributed by atoms with Crippen LogP contribution in [0.2, 0.25) is 0 Å². The average Bonchev–Trinajstić information content (AvgIpc) is 2.81. The predicted octanol–water partition coefficient (Wildman–Crippen LogP) is 4.63. The van der Waals surface area contributed by atoms with Crippen LogP contribution in [0.5, 0.6) is 0 Å². The van der Waals surface area contributed by atoms with Gasteiger partial charge in [0.25, 0.3) is 11.8 Å². The zero-order chi connectivity index (χ0) is 21.9. The lowest BCUT2D eigenvalue weighted by Gasteiger charge is -2.13. The molecule has 0 aromatic heterocycles. The summed E-state index contributed by atoms with van der Waals surface area (Å²) >= 11 is 0. The van der Waals surface area contributed by atoms with Gasteiger partial charge >= 0.3 is 0 Å². The highest BCUT2D eigenvalue weighted by Gasteiger charge is 2.16. The Morgan fingerprint density at radius 1 is 0.871 bits per heavy atom. The largest absolute Gasteiger partial charge is 0.385 e. The number of nitrogens with one attached hydrogen (secondary N) is 2. The van der Waals surface area contributed by atoms with E-state index in [2.05, 4.69) is 10.6 Å². The lowest BCUT2D eigenvalue weighted by atomic mass is 10.0. The van der Waals surface area contributed by atoms with E-state index >= 15 is 0 Å². The minimum atomic E-state index is -0.283. The van der Waals surface area contributed by atoms with Crippen LogP contribution in [0.25, 0.3) is 11.6 Å². The van der Waals surface area contributed by atoms with Crippen LogP contribution in [0, 0.1) is 0 Å². The van der Waals surface area contributed by atoms with Crippen LogP contribution >= 0.6 is 0 Å². The number of rotatable bonds is 9. The van der Waals surface area contributed by atoms with E-state index in [0.717, 1.165) is 11.1 Å². The number of carbonyl (C=O) groups is 2. The normalized spacial score (nSPS) is 11.1. The fraction of sp³-hybridized carbons (Fsp3) is 0.154. The third-order valence-corrected chi connectivity index (χ3v) is 4.67. The molecule has 0 fully saturated rings. The molecule has 0 atom stereocenters. The second-order valence-electron chi connectivity index (χ2n) is 6.94. The number of carbonyl (C=O) groups excluding carboxylic acids is 2. The van der Waals surface area contributed by atoms with E-state index in [1.807, 2.05) is 66.7 Å². The highest BCUT2D eigenvalue weighted by Crippen LogP contribution is 2.22. The second kappa shape index (κ2) is 11.5. The Bertz CT molecular complexity index is 1030. The Balaban J connectivity index is 1.84. The van der Waals surface area contributed by atoms with Crippen molar-refractivity contribution in [3.05, 3.63) is 102 Å². The van der Waals surface area contributed by atoms with Gasteiger partial charge in [-0.1, -0.05) is 72.8 Å². The molecule has 3 aromatic carbocycles. The smallest absolute Gasteiger partial charge is 0.256 e. The van der Waals surface area contributed by atoms with Crippen LogP contribution in [0.4, 0.5) is 5.69 Å². The van der Waals surface area contributed by atoms with Gasteiger partial charge in [0.1, 0.15) is 0 Å². The molecule has 0 aliphatic heterocycles. The molecule has 0 saturated carbocycles. The van der Waals surface area contributed by atoms with E-state index in [1.54, 1.807) is 31.4 Å². The molecule has 0 heterocycles. The summed E-state index contributed by atoms with van der Waals surface area (Å²) < 4.78 is 5.01. The molecule has 0 saturated heterocycles. The summed E-state index contributed by atoms with van der Waals surface area (Å²) in [6.45, 7) is 1.07. The number of hydrogen-bond donors (Lipinski definition) is 2. The Morgan fingerprint density at radius 3 is 2.23 bits per heavy atom. The monoisotopic (exact) mass is 414 g/mol. The second-order valence-corrected chi connectivity index (χ2v) is 6.94. The SMILES string of the molecule is COCCCNC(=O)c1ccccc1NC(=O)C(=Cc1ccccc1)c1ccccc1. The van der Waals surface area contributed by atoms with Crippen molar-refractivity contribution in [1.82, 2.24) is 5.32 Å². The van der Waals surface area contributed by atoms with Crippen LogP contribution in [0.3, 0.4) is 0 Å². The van der Waals surface area contributed by atoms with E-state index in [9.17, 15) is 9.59 Å². The van der Waals surface area contributed by atoms with Gasteiger partial charge in [-0.2, -0.15) is 0 Å². The topological polar surface area (TPSA) is 67.4 Å². The zero-order valence-electron chi connectivity index (χ0n) is 17.5. The van der Waals surface area contributed by atoms with Crippen LogP contribution in [0.1, 0.15) is 27.9 Å². The number of anilines is 1. The fourth-order valence-corrected chi connectivity index (χ4v) is 3.11. The summed E-state index contributed by atoms with van der Waals surface area (Å²) in [4.78, 5) is 25.9. The first-order chi connectivity index (χ1) is 15.2. The lowest BCUT2D eigenvalue weighted by molar-refractivity contribution is -0.111. The Kier molecular flexibility index (Phi) is 8.14. The van der Waals surface area contributed by atoms with Gasteiger partial charge in [0.2, 0.25) is 0 Å². The molecule has 2 N–H and O–H groups in total. The van der Waals surface area contributed by atoms with Crippen molar-refractivity contribution in [2.45, 2.75) is 6.42 Å². The highest BCUT2D eigenvalue weighted by molar-refractivity contribution is 6.29. The highest BCUT2D eigenvalue weighted by atomic mass is 16.5. The molecule has 5 nitrogen and oxygen atoms in total. The minimum absolute atomic E-state index is 0.236. The lowest BCUT2D eigenvalue weighted by Crippen LogP contribution is -2.27.